The lowest BCUT2D eigenvalue weighted by Gasteiger charge is -2.26. The summed E-state index contributed by atoms with van der Waals surface area (Å²) in [6.07, 6.45) is 46.6. The lowest BCUT2D eigenvalue weighted by atomic mass is 10.0. The average Bonchev–Trinajstić information content (AvgIpc) is 3.16. The van der Waals surface area contributed by atoms with Gasteiger partial charge in [0, 0.05) is 6.42 Å². The number of phosphoric acid groups is 1. The Kier molecular flexibility index (Phi) is 40.1. The molecule has 0 aromatic rings. The van der Waals surface area contributed by atoms with Crippen molar-refractivity contribution in [3.63, 3.8) is 0 Å². The Balaban J connectivity index is 4.28. The quantitative estimate of drug-likeness (QED) is 0.0244. The number of amides is 1. The van der Waals surface area contributed by atoms with Crippen LogP contribution in [0.1, 0.15) is 239 Å². The van der Waals surface area contributed by atoms with Crippen LogP contribution in [0.15, 0.2) is 12.2 Å². The third kappa shape index (κ3) is 43.1. The van der Waals surface area contributed by atoms with Gasteiger partial charge in [-0.25, -0.2) is 4.57 Å². The van der Waals surface area contributed by atoms with Crippen molar-refractivity contribution in [3.8, 4) is 0 Å². The number of allylic oxidation sites excluding steroid dienone is 2. The monoisotopic (exact) mass is 830 g/mol. The van der Waals surface area contributed by atoms with Crippen molar-refractivity contribution in [2.24, 2.45) is 0 Å². The number of hydrogen-bond donors (Lipinski definition) is 3. The van der Waals surface area contributed by atoms with Gasteiger partial charge in [-0.3, -0.25) is 13.8 Å². The Morgan fingerprint density at radius 2 is 0.947 bits per heavy atom. The summed E-state index contributed by atoms with van der Waals surface area (Å²) in [7, 11) is 1.62. The highest BCUT2D eigenvalue weighted by molar-refractivity contribution is 7.47. The third-order valence-corrected chi connectivity index (χ3v) is 12.2. The molecule has 0 fully saturated rings. The first-order chi connectivity index (χ1) is 27.5. The summed E-state index contributed by atoms with van der Waals surface area (Å²) in [6, 6.07) is -0.757. The molecule has 0 bridgehead atoms. The third-order valence-electron chi connectivity index (χ3n) is 11.3. The van der Waals surface area contributed by atoms with Crippen LogP contribution < -0.4 is 5.32 Å². The number of likely N-dealkylation sites (N-methyl/N-ethyl adjacent to an activating group) is 1. The number of nitrogens with one attached hydrogen (secondary N) is 1. The molecule has 9 heteroatoms. The van der Waals surface area contributed by atoms with E-state index in [0.717, 1.165) is 38.5 Å². The Morgan fingerprint density at radius 3 is 1.35 bits per heavy atom. The maximum Gasteiger partial charge on any atom is 0.472 e. The van der Waals surface area contributed by atoms with Crippen LogP contribution in [0.3, 0.4) is 0 Å². The first-order valence-corrected chi connectivity index (χ1v) is 26.0. The molecule has 0 saturated heterocycles. The smallest absolute Gasteiger partial charge is 0.391 e. The first-order valence-electron chi connectivity index (χ1n) is 24.6. The zero-order chi connectivity index (χ0) is 42.1. The minimum atomic E-state index is -4.31. The van der Waals surface area contributed by atoms with Crippen LogP contribution in [0.25, 0.3) is 0 Å². The van der Waals surface area contributed by atoms with Gasteiger partial charge < -0.3 is 19.8 Å². The summed E-state index contributed by atoms with van der Waals surface area (Å²) >= 11 is 0. The van der Waals surface area contributed by atoms with Gasteiger partial charge in [-0.05, 0) is 38.5 Å². The summed E-state index contributed by atoms with van der Waals surface area (Å²) < 4.78 is 23.7. The number of unbranched alkanes of at least 4 members (excludes halogenated alkanes) is 30. The number of aliphatic hydroxyl groups excluding tert-OH is 1. The minimum Gasteiger partial charge on any atom is -0.391 e. The van der Waals surface area contributed by atoms with Crippen LogP contribution in [-0.2, 0) is 18.4 Å². The van der Waals surface area contributed by atoms with Crippen molar-refractivity contribution >= 4 is 13.7 Å². The molecule has 0 aliphatic carbocycles. The molecular weight excluding hydrogens is 732 g/mol. The van der Waals surface area contributed by atoms with Gasteiger partial charge in [0.2, 0.25) is 5.91 Å². The molecule has 8 nitrogen and oxygen atoms in total. The molecule has 340 valence electrons. The molecule has 0 radical (unpaired) electrons. The molecule has 0 aromatic carbocycles. The standard InChI is InChI=1S/C48H97N2O6P/c1-6-8-10-12-14-16-18-20-22-24-25-26-28-30-32-34-36-38-40-42-48(52)49-46(45-56-57(53,54)55-44-43-50(3,4)5)47(51)41-39-37-35-33-31-29-27-23-21-19-17-15-13-11-9-7-2/h20,22,46-47,51H,6-19,21,23-45H2,1-5H3,(H-,49,52,53,54)/p+1/b22-20+/t46-,47+/m0/s1. The van der Waals surface area contributed by atoms with Crippen molar-refractivity contribution in [2.75, 3.05) is 40.9 Å². The number of carbonyl (C=O) groups is 1. The lowest BCUT2D eigenvalue weighted by molar-refractivity contribution is -0.870. The van der Waals surface area contributed by atoms with E-state index in [2.05, 4.69) is 31.3 Å². The molecule has 3 N–H and O–H groups in total. The molecule has 0 saturated carbocycles. The lowest BCUT2D eigenvalue weighted by Crippen LogP contribution is -2.46. The summed E-state index contributed by atoms with van der Waals surface area (Å²) in [5, 5.41) is 14.0. The minimum absolute atomic E-state index is 0.0764. The molecule has 0 rings (SSSR count). The molecule has 0 heterocycles. The number of phosphoric ester groups is 1. The second kappa shape index (κ2) is 40.6. The molecule has 0 aromatic heterocycles. The maximum atomic E-state index is 12.9. The van der Waals surface area contributed by atoms with Crippen LogP contribution in [-0.4, -0.2) is 73.4 Å². The van der Waals surface area contributed by atoms with E-state index in [1.807, 2.05) is 21.1 Å². The fourth-order valence-corrected chi connectivity index (χ4v) is 8.07. The Bertz CT molecular complexity index is 942. The Labute approximate surface area is 354 Å². The van der Waals surface area contributed by atoms with Crippen LogP contribution in [0.5, 0.6) is 0 Å². The molecule has 0 aliphatic heterocycles. The van der Waals surface area contributed by atoms with E-state index >= 15 is 0 Å². The predicted molar refractivity (Wildman–Crippen MR) is 245 cm³/mol. The fourth-order valence-electron chi connectivity index (χ4n) is 7.34. The maximum absolute atomic E-state index is 12.9. The molecule has 1 unspecified atom stereocenters. The average molecular weight is 830 g/mol. The van der Waals surface area contributed by atoms with E-state index in [4.69, 9.17) is 9.05 Å². The number of quaternary nitrogens is 1. The van der Waals surface area contributed by atoms with Crippen LogP contribution >= 0.6 is 7.82 Å². The largest absolute Gasteiger partial charge is 0.472 e. The summed E-state index contributed by atoms with van der Waals surface area (Å²) in [5.74, 6) is -0.144. The van der Waals surface area contributed by atoms with Crippen molar-refractivity contribution < 1.29 is 32.9 Å². The molecule has 57 heavy (non-hydrogen) atoms. The van der Waals surface area contributed by atoms with E-state index in [1.165, 1.54) is 173 Å². The van der Waals surface area contributed by atoms with E-state index in [-0.39, 0.29) is 19.1 Å². The predicted octanol–water partition coefficient (Wildman–Crippen LogP) is 13.9. The number of aliphatic hydroxyl groups is 1. The summed E-state index contributed by atoms with van der Waals surface area (Å²) in [6.45, 7) is 4.90. The van der Waals surface area contributed by atoms with Gasteiger partial charge in [-0.15, -0.1) is 0 Å². The second-order valence-corrected chi connectivity index (χ2v) is 19.6. The van der Waals surface area contributed by atoms with Crippen LogP contribution in [0, 0.1) is 0 Å². The van der Waals surface area contributed by atoms with Gasteiger partial charge in [-0.2, -0.15) is 0 Å². The Hall–Kier alpha value is -0.760. The van der Waals surface area contributed by atoms with Crippen molar-refractivity contribution in [1.82, 2.24) is 5.32 Å². The van der Waals surface area contributed by atoms with Gasteiger partial charge in [0.25, 0.3) is 0 Å². The van der Waals surface area contributed by atoms with Gasteiger partial charge in [0.1, 0.15) is 13.2 Å². The highest BCUT2D eigenvalue weighted by Gasteiger charge is 2.28. The van der Waals surface area contributed by atoms with E-state index in [0.29, 0.717) is 23.9 Å². The van der Waals surface area contributed by atoms with E-state index in [1.54, 1.807) is 0 Å². The molecule has 1 amide bonds. The topological polar surface area (TPSA) is 105 Å². The molecule has 3 atom stereocenters. The highest BCUT2D eigenvalue weighted by Crippen LogP contribution is 2.43. The van der Waals surface area contributed by atoms with Crippen molar-refractivity contribution in [2.45, 2.75) is 251 Å². The number of nitrogens with zero attached hydrogens (tertiary/aromatic N) is 1. The normalized spacial score (nSPS) is 14.3. The van der Waals surface area contributed by atoms with Crippen LogP contribution in [0.4, 0.5) is 0 Å². The number of rotatable bonds is 45. The molecule has 0 aliphatic rings. The number of hydrogen-bond acceptors (Lipinski definition) is 5. The van der Waals surface area contributed by atoms with Gasteiger partial charge in [0.05, 0.1) is 39.9 Å². The van der Waals surface area contributed by atoms with Crippen LogP contribution in [0.2, 0.25) is 0 Å². The second-order valence-electron chi connectivity index (χ2n) is 18.2. The Morgan fingerprint density at radius 1 is 0.579 bits per heavy atom. The van der Waals surface area contributed by atoms with E-state index < -0.39 is 20.0 Å². The van der Waals surface area contributed by atoms with Gasteiger partial charge in [-0.1, -0.05) is 206 Å². The molecule has 0 spiro atoms. The van der Waals surface area contributed by atoms with Gasteiger partial charge in [0.15, 0.2) is 0 Å². The molecular formula is C48H98N2O6P+. The van der Waals surface area contributed by atoms with Crippen molar-refractivity contribution in [1.29, 1.82) is 0 Å². The van der Waals surface area contributed by atoms with E-state index in [9.17, 15) is 19.4 Å². The summed E-state index contributed by atoms with van der Waals surface area (Å²) in [4.78, 5) is 23.2. The highest BCUT2D eigenvalue weighted by atomic mass is 31.2. The zero-order valence-corrected chi connectivity index (χ0v) is 39.5. The fraction of sp³-hybridized carbons (Fsp3) is 0.938. The van der Waals surface area contributed by atoms with Gasteiger partial charge >= 0.3 is 7.82 Å². The first kappa shape index (κ1) is 56.2. The zero-order valence-electron chi connectivity index (χ0n) is 38.6. The number of carbonyl (C=O) groups excluding carboxylic acids is 1. The SMILES string of the molecule is CCCCCCCC/C=C/CCCCCCCCCCCC(=O)N[C@@H](COP(=O)(O)OCC[N+](C)(C)C)[C@H](O)CCCCCCCCCCCCCCCCCC. The summed E-state index contributed by atoms with van der Waals surface area (Å²) in [5.41, 5.74) is 0. The van der Waals surface area contributed by atoms with Crippen molar-refractivity contribution in [3.05, 3.63) is 12.2 Å².